The van der Waals surface area contributed by atoms with Gasteiger partial charge in [-0.05, 0) is 44.8 Å². The molecule has 0 bridgehead atoms. The Kier molecular flexibility index (Phi) is 4.86. The number of rotatable bonds is 1. The molecule has 1 heterocycles. The number of ether oxygens (including phenoxy) is 2. The van der Waals surface area contributed by atoms with Gasteiger partial charge in [-0.1, -0.05) is 18.6 Å². The van der Waals surface area contributed by atoms with Crippen LogP contribution in [0.4, 0.5) is 0 Å². The van der Waals surface area contributed by atoms with E-state index in [4.69, 9.17) is 9.47 Å². The summed E-state index contributed by atoms with van der Waals surface area (Å²) in [5.74, 6) is -0.551. The lowest BCUT2D eigenvalue weighted by Gasteiger charge is -2.25. The van der Waals surface area contributed by atoms with Crippen molar-refractivity contribution in [3.05, 3.63) is 23.3 Å². The third kappa shape index (κ3) is 3.74. The molecule has 1 saturated heterocycles. The molecule has 0 amide bonds. The molecule has 0 saturated carbocycles. The SMILES string of the molecule is CC(=O)O[C@H]1C[C@H]2[C@H](C)C(=O)O[C@@H]2/C=C(/C)CCC=C1C. The van der Waals surface area contributed by atoms with Crippen LogP contribution in [-0.4, -0.2) is 24.1 Å². The third-order valence-electron chi connectivity index (χ3n) is 4.44. The average molecular weight is 292 g/mol. The van der Waals surface area contributed by atoms with Crippen molar-refractivity contribution in [2.75, 3.05) is 0 Å². The Morgan fingerprint density at radius 2 is 2.10 bits per heavy atom. The van der Waals surface area contributed by atoms with Crippen molar-refractivity contribution in [1.29, 1.82) is 0 Å². The summed E-state index contributed by atoms with van der Waals surface area (Å²) in [5.41, 5.74) is 2.30. The maximum atomic E-state index is 11.9. The fraction of sp³-hybridized carbons (Fsp3) is 0.647. The second-order valence-corrected chi connectivity index (χ2v) is 6.19. The number of esters is 2. The van der Waals surface area contributed by atoms with Gasteiger partial charge in [-0.2, -0.15) is 0 Å². The van der Waals surface area contributed by atoms with Gasteiger partial charge in [-0.15, -0.1) is 0 Å². The summed E-state index contributed by atoms with van der Waals surface area (Å²) in [7, 11) is 0. The summed E-state index contributed by atoms with van der Waals surface area (Å²) < 4.78 is 11.0. The summed E-state index contributed by atoms with van der Waals surface area (Å²) in [6.45, 7) is 7.38. The predicted molar refractivity (Wildman–Crippen MR) is 79.5 cm³/mol. The van der Waals surface area contributed by atoms with E-state index in [1.165, 1.54) is 12.5 Å². The molecule has 4 nitrogen and oxygen atoms in total. The largest absolute Gasteiger partial charge is 0.458 e. The maximum Gasteiger partial charge on any atom is 0.309 e. The van der Waals surface area contributed by atoms with Crippen molar-refractivity contribution in [2.45, 2.75) is 59.2 Å². The van der Waals surface area contributed by atoms with Gasteiger partial charge in [0.1, 0.15) is 12.2 Å². The van der Waals surface area contributed by atoms with Gasteiger partial charge in [0.05, 0.1) is 5.92 Å². The van der Waals surface area contributed by atoms with E-state index in [0.717, 1.165) is 18.4 Å². The molecule has 4 heteroatoms. The molecule has 0 aromatic carbocycles. The highest BCUT2D eigenvalue weighted by Gasteiger charge is 2.42. The topological polar surface area (TPSA) is 52.6 Å². The van der Waals surface area contributed by atoms with Gasteiger partial charge in [-0.3, -0.25) is 9.59 Å². The minimum atomic E-state index is -0.286. The Bertz CT molecular complexity index is 489. The van der Waals surface area contributed by atoms with Crippen LogP contribution in [-0.2, 0) is 19.1 Å². The van der Waals surface area contributed by atoms with Crippen LogP contribution in [0, 0.1) is 11.8 Å². The lowest BCUT2D eigenvalue weighted by molar-refractivity contribution is -0.145. The molecule has 1 aliphatic heterocycles. The van der Waals surface area contributed by atoms with E-state index in [1.54, 1.807) is 0 Å². The standard InChI is InChI=1S/C17H24O4/c1-10-6-5-7-11(2)15(20-13(4)18)9-14-12(3)17(19)21-16(14)8-10/h7-8,12,14-16H,5-6,9H2,1-4H3/b10-8-,11-7?/t12-,14-,15-,16+/m0/s1. The minimum Gasteiger partial charge on any atom is -0.458 e. The number of allylic oxidation sites excluding steroid dienone is 2. The Hall–Kier alpha value is -1.58. The van der Waals surface area contributed by atoms with Crippen LogP contribution in [0.25, 0.3) is 0 Å². The molecule has 0 aromatic heterocycles. The molecule has 116 valence electrons. The molecule has 2 aliphatic rings. The number of fused-ring (bicyclic) bond motifs is 1. The second-order valence-electron chi connectivity index (χ2n) is 6.19. The summed E-state index contributed by atoms with van der Waals surface area (Å²) in [6, 6.07) is 0. The van der Waals surface area contributed by atoms with E-state index in [2.05, 4.69) is 19.1 Å². The van der Waals surface area contributed by atoms with Gasteiger partial charge in [0, 0.05) is 12.8 Å². The molecule has 4 atom stereocenters. The minimum absolute atomic E-state index is 0.0539. The average Bonchev–Trinajstić information content (AvgIpc) is 2.64. The highest BCUT2D eigenvalue weighted by molar-refractivity contribution is 5.75. The first-order valence-electron chi connectivity index (χ1n) is 7.60. The molecule has 1 fully saturated rings. The second kappa shape index (κ2) is 6.46. The van der Waals surface area contributed by atoms with Crippen LogP contribution in [0.15, 0.2) is 23.3 Å². The van der Waals surface area contributed by atoms with Gasteiger partial charge in [-0.25, -0.2) is 0 Å². The molecular formula is C17H24O4. The molecule has 0 aromatic rings. The molecule has 1 aliphatic carbocycles. The van der Waals surface area contributed by atoms with E-state index in [0.29, 0.717) is 6.42 Å². The molecule has 0 spiro atoms. The van der Waals surface area contributed by atoms with Crippen LogP contribution in [0.3, 0.4) is 0 Å². The zero-order chi connectivity index (χ0) is 15.6. The molecule has 0 radical (unpaired) electrons. The first-order chi connectivity index (χ1) is 9.88. The van der Waals surface area contributed by atoms with Gasteiger partial charge in [0.25, 0.3) is 0 Å². The van der Waals surface area contributed by atoms with Gasteiger partial charge in [0.2, 0.25) is 0 Å². The van der Waals surface area contributed by atoms with Gasteiger partial charge < -0.3 is 9.47 Å². The van der Waals surface area contributed by atoms with Crippen LogP contribution < -0.4 is 0 Å². The molecular weight excluding hydrogens is 268 g/mol. The van der Waals surface area contributed by atoms with Crippen LogP contribution >= 0.6 is 0 Å². The van der Waals surface area contributed by atoms with Crippen LogP contribution in [0.5, 0.6) is 0 Å². The Balaban J connectivity index is 2.29. The first-order valence-corrected chi connectivity index (χ1v) is 7.60. The zero-order valence-corrected chi connectivity index (χ0v) is 13.2. The van der Waals surface area contributed by atoms with E-state index in [1.807, 2.05) is 13.8 Å². The van der Waals surface area contributed by atoms with Gasteiger partial charge >= 0.3 is 11.9 Å². The Morgan fingerprint density at radius 3 is 2.76 bits per heavy atom. The molecule has 0 unspecified atom stereocenters. The van der Waals surface area contributed by atoms with Gasteiger partial charge in [0.15, 0.2) is 0 Å². The van der Waals surface area contributed by atoms with E-state index >= 15 is 0 Å². The summed E-state index contributed by atoms with van der Waals surface area (Å²) in [5, 5.41) is 0. The molecule has 0 N–H and O–H groups in total. The number of carbonyl (C=O) groups is 2. The first kappa shape index (κ1) is 15.8. The summed E-state index contributed by atoms with van der Waals surface area (Å²) >= 11 is 0. The predicted octanol–water partition coefficient (Wildman–Crippen LogP) is 3.17. The van der Waals surface area contributed by atoms with Crippen LogP contribution in [0.1, 0.15) is 47.0 Å². The summed E-state index contributed by atoms with van der Waals surface area (Å²) in [6.07, 6.45) is 6.20. The van der Waals surface area contributed by atoms with Crippen molar-refractivity contribution >= 4 is 11.9 Å². The monoisotopic (exact) mass is 292 g/mol. The van der Waals surface area contributed by atoms with Crippen molar-refractivity contribution in [2.24, 2.45) is 11.8 Å². The van der Waals surface area contributed by atoms with Crippen molar-refractivity contribution < 1.29 is 19.1 Å². The Labute approximate surface area is 126 Å². The fourth-order valence-electron chi connectivity index (χ4n) is 3.08. The van der Waals surface area contributed by atoms with E-state index in [-0.39, 0.29) is 36.0 Å². The quantitative estimate of drug-likeness (QED) is 0.550. The molecule has 2 rings (SSSR count). The smallest absolute Gasteiger partial charge is 0.309 e. The highest BCUT2D eigenvalue weighted by Crippen LogP contribution is 2.36. The lowest BCUT2D eigenvalue weighted by Crippen LogP contribution is -2.28. The lowest BCUT2D eigenvalue weighted by atomic mass is 9.83. The number of hydrogen-bond donors (Lipinski definition) is 0. The van der Waals surface area contributed by atoms with Crippen molar-refractivity contribution in [1.82, 2.24) is 0 Å². The van der Waals surface area contributed by atoms with Crippen LogP contribution in [0.2, 0.25) is 0 Å². The molecule has 21 heavy (non-hydrogen) atoms. The van der Waals surface area contributed by atoms with Crippen molar-refractivity contribution in [3.63, 3.8) is 0 Å². The highest BCUT2D eigenvalue weighted by atomic mass is 16.6. The maximum absolute atomic E-state index is 11.9. The number of hydrogen-bond acceptors (Lipinski definition) is 4. The summed E-state index contributed by atoms with van der Waals surface area (Å²) in [4.78, 5) is 23.2. The van der Waals surface area contributed by atoms with Crippen molar-refractivity contribution in [3.8, 4) is 0 Å². The van der Waals surface area contributed by atoms with E-state index < -0.39 is 0 Å². The zero-order valence-electron chi connectivity index (χ0n) is 13.2. The Morgan fingerprint density at radius 1 is 1.38 bits per heavy atom. The fourth-order valence-corrected chi connectivity index (χ4v) is 3.08. The normalized spacial score (nSPS) is 35.9. The number of carbonyl (C=O) groups excluding carboxylic acids is 2. The third-order valence-corrected chi connectivity index (χ3v) is 4.44. The van der Waals surface area contributed by atoms with E-state index in [9.17, 15) is 9.59 Å².